The van der Waals surface area contributed by atoms with E-state index in [9.17, 15) is 0 Å². The Morgan fingerprint density at radius 2 is 2.06 bits per heavy atom. The van der Waals surface area contributed by atoms with E-state index in [1.807, 2.05) is 31.2 Å². The molecule has 94 valence electrons. The van der Waals surface area contributed by atoms with Gasteiger partial charge in [0.15, 0.2) is 5.84 Å². The molecule has 1 unspecified atom stereocenters. The van der Waals surface area contributed by atoms with Gasteiger partial charge < -0.3 is 16.0 Å². The highest BCUT2D eigenvalue weighted by Crippen LogP contribution is 2.15. The van der Waals surface area contributed by atoms with E-state index in [4.69, 9.17) is 16.0 Å². The summed E-state index contributed by atoms with van der Waals surface area (Å²) in [5.41, 5.74) is 7.37. The molecule has 0 amide bonds. The van der Waals surface area contributed by atoms with Gasteiger partial charge in [-0.25, -0.2) is 0 Å². The second-order valence-corrected chi connectivity index (χ2v) is 5.02. The molecule has 0 fully saturated rings. The van der Waals surface area contributed by atoms with Crippen molar-refractivity contribution in [2.75, 3.05) is 12.4 Å². The van der Waals surface area contributed by atoms with Gasteiger partial charge in [0.25, 0.3) is 0 Å². The number of nitrogens with two attached hydrogens (primary N) is 1. The summed E-state index contributed by atoms with van der Waals surface area (Å²) < 4.78 is 0. The van der Waals surface area contributed by atoms with Gasteiger partial charge >= 0.3 is 0 Å². The van der Waals surface area contributed by atoms with E-state index in [2.05, 4.69) is 5.16 Å². The molecule has 0 aliphatic rings. The van der Waals surface area contributed by atoms with Gasteiger partial charge in [0.1, 0.15) is 0 Å². The van der Waals surface area contributed by atoms with Crippen molar-refractivity contribution in [2.45, 2.75) is 12.7 Å². The zero-order chi connectivity index (χ0) is 12.7. The molecule has 1 atom stereocenters. The lowest BCUT2D eigenvalue weighted by Gasteiger charge is -2.07. The molecule has 0 bridgehead atoms. The van der Waals surface area contributed by atoms with Crippen LogP contribution in [0, 0.1) is 5.92 Å². The van der Waals surface area contributed by atoms with Crippen molar-refractivity contribution in [2.24, 2.45) is 16.8 Å². The topological polar surface area (TPSA) is 78.8 Å². The van der Waals surface area contributed by atoms with Gasteiger partial charge in [0.05, 0.1) is 0 Å². The summed E-state index contributed by atoms with van der Waals surface area (Å²) in [6.07, 6.45) is 0. The molecular weight excluding hydrogens is 236 g/mol. The summed E-state index contributed by atoms with van der Waals surface area (Å²) in [6, 6.07) is 7.59. The minimum Gasteiger partial charge on any atom is -0.409 e. The van der Waals surface area contributed by atoms with Crippen LogP contribution in [0.15, 0.2) is 29.4 Å². The van der Waals surface area contributed by atoms with Crippen molar-refractivity contribution in [1.29, 1.82) is 0 Å². The first kappa shape index (κ1) is 13.9. The maximum absolute atomic E-state index is 8.89. The molecule has 1 rings (SSSR count). The number of nitrogens with zero attached hydrogens (tertiary/aromatic N) is 1. The second kappa shape index (κ2) is 7.19. The normalized spacial score (nSPS) is 13.6. The number of amidine groups is 1. The molecule has 0 spiro atoms. The van der Waals surface area contributed by atoms with Crippen LogP contribution in [0.2, 0.25) is 0 Å². The summed E-state index contributed by atoms with van der Waals surface area (Å²) in [5.74, 6) is 2.30. The molecule has 0 aliphatic heterocycles. The lowest BCUT2D eigenvalue weighted by atomic mass is 10.1. The molecule has 17 heavy (non-hydrogen) atoms. The lowest BCUT2D eigenvalue weighted by molar-refractivity contribution is 0.250. The average Bonchev–Trinajstić information content (AvgIpc) is 2.38. The van der Waals surface area contributed by atoms with Crippen LogP contribution in [0.25, 0.3) is 0 Å². The van der Waals surface area contributed by atoms with Crippen molar-refractivity contribution in [1.82, 2.24) is 0 Å². The van der Waals surface area contributed by atoms with Crippen LogP contribution in [0.1, 0.15) is 18.1 Å². The maximum Gasteiger partial charge on any atom is 0.170 e. The number of aliphatic hydroxyl groups is 1. The standard InChI is InChI=1S/C12H18N2O2S/c1-9(6-15)7-17-8-10-2-4-11(5-3-10)12(13)14-16/h2-5,9,15-16H,6-8H2,1H3,(H2,13,14). The number of hydrogen-bond acceptors (Lipinski definition) is 4. The summed E-state index contributed by atoms with van der Waals surface area (Å²) in [7, 11) is 0. The quantitative estimate of drug-likeness (QED) is 0.312. The molecule has 0 aliphatic carbocycles. The molecule has 1 aromatic carbocycles. The SMILES string of the molecule is CC(CO)CSCc1ccc(C(N)=NO)cc1. The fourth-order valence-corrected chi connectivity index (χ4v) is 2.31. The van der Waals surface area contributed by atoms with Crippen LogP contribution in [-0.2, 0) is 5.75 Å². The van der Waals surface area contributed by atoms with E-state index < -0.39 is 0 Å². The summed E-state index contributed by atoms with van der Waals surface area (Å²) in [6.45, 7) is 2.25. The number of hydrogen-bond donors (Lipinski definition) is 3. The third-order valence-corrected chi connectivity index (χ3v) is 3.68. The van der Waals surface area contributed by atoms with Crippen LogP contribution in [0.5, 0.6) is 0 Å². The molecule has 0 saturated heterocycles. The van der Waals surface area contributed by atoms with Crippen molar-refractivity contribution < 1.29 is 10.3 Å². The molecular formula is C12H18N2O2S. The maximum atomic E-state index is 8.89. The fraction of sp³-hybridized carbons (Fsp3) is 0.417. The summed E-state index contributed by atoms with van der Waals surface area (Å²) >= 11 is 1.79. The number of benzene rings is 1. The molecule has 0 aromatic heterocycles. The predicted octanol–water partition coefficient (Wildman–Crippen LogP) is 1.64. The van der Waals surface area contributed by atoms with Gasteiger partial charge in [-0.05, 0) is 17.2 Å². The number of rotatable bonds is 6. The molecule has 0 radical (unpaired) electrons. The van der Waals surface area contributed by atoms with E-state index in [-0.39, 0.29) is 12.4 Å². The first-order valence-electron chi connectivity index (χ1n) is 5.42. The van der Waals surface area contributed by atoms with Crippen molar-refractivity contribution in [3.05, 3.63) is 35.4 Å². The van der Waals surface area contributed by atoms with Gasteiger partial charge in [-0.2, -0.15) is 11.8 Å². The summed E-state index contributed by atoms with van der Waals surface area (Å²) in [5, 5.41) is 20.4. The van der Waals surface area contributed by atoms with Crippen LogP contribution in [0.3, 0.4) is 0 Å². The Labute approximate surface area is 106 Å². The fourth-order valence-electron chi connectivity index (χ4n) is 1.26. The number of thioether (sulfide) groups is 1. The van der Waals surface area contributed by atoms with Gasteiger partial charge in [-0.1, -0.05) is 36.3 Å². The van der Waals surface area contributed by atoms with Gasteiger partial charge in [-0.15, -0.1) is 0 Å². The Balaban J connectivity index is 2.46. The number of oxime groups is 1. The Morgan fingerprint density at radius 3 is 2.59 bits per heavy atom. The first-order chi connectivity index (χ1) is 8.17. The van der Waals surface area contributed by atoms with Crippen LogP contribution < -0.4 is 5.73 Å². The van der Waals surface area contributed by atoms with Gasteiger partial charge in [-0.3, -0.25) is 0 Å². The minimum atomic E-state index is 0.123. The Hall–Kier alpha value is -1.20. The Kier molecular flexibility index (Phi) is 5.86. The second-order valence-electron chi connectivity index (χ2n) is 3.99. The number of aliphatic hydroxyl groups excluding tert-OH is 1. The van der Waals surface area contributed by atoms with E-state index >= 15 is 0 Å². The van der Waals surface area contributed by atoms with Crippen LogP contribution >= 0.6 is 11.8 Å². The van der Waals surface area contributed by atoms with E-state index in [1.165, 1.54) is 5.56 Å². The Bertz CT molecular complexity index is 365. The van der Waals surface area contributed by atoms with E-state index in [0.717, 1.165) is 11.5 Å². The highest BCUT2D eigenvalue weighted by molar-refractivity contribution is 7.98. The first-order valence-corrected chi connectivity index (χ1v) is 6.58. The summed E-state index contributed by atoms with van der Waals surface area (Å²) in [4.78, 5) is 0. The van der Waals surface area contributed by atoms with Crippen molar-refractivity contribution in [3.63, 3.8) is 0 Å². The highest BCUT2D eigenvalue weighted by atomic mass is 32.2. The zero-order valence-electron chi connectivity index (χ0n) is 9.84. The zero-order valence-corrected chi connectivity index (χ0v) is 10.7. The molecule has 0 heterocycles. The van der Waals surface area contributed by atoms with Crippen LogP contribution in [-0.4, -0.2) is 28.5 Å². The van der Waals surface area contributed by atoms with E-state index in [1.54, 1.807) is 11.8 Å². The average molecular weight is 254 g/mol. The molecule has 5 heteroatoms. The van der Waals surface area contributed by atoms with Crippen LogP contribution in [0.4, 0.5) is 0 Å². The molecule has 0 saturated carbocycles. The smallest absolute Gasteiger partial charge is 0.170 e. The third kappa shape index (κ3) is 4.66. The van der Waals surface area contributed by atoms with Crippen molar-refractivity contribution >= 4 is 17.6 Å². The van der Waals surface area contributed by atoms with Crippen molar-refractivity contribution in [3.8, 4) is 0 Å². The molecule has 4 nitrogen and oxygen atoms in total. The third-order valence-electron chi connectivity index (χ3n) is 2.34. The lowest BCUT2D eigenvalue weighted by Crippen LogP contribution is -2.12. The van der Waals surface area contributed by atoms with Gasteiger partial charge in [0.2, 0.25) is 0 Å². The van der Waals surface area contributed by atoms with E-state index in [0.29, 0.717) is 11.5 Å². The minimum absolute atomic E-state index is 0.123. The van der Waals surface area contributed by atoms with Gasteiger partial charge in [0, 0.05) is 17.9 Å². The molecule has 4 N–H and O–H groups in total. The predicted molar refractivity (Wildman–Crippen MR) is 71.4 cm³/mol. The Morgan fingerprint density at radius 1 is 1.41 bits per heavy atom. The monoisotopic (exact) mass is 254 g/mol. The molecule has 1 aromatic rings. The highest BCUT2D eigenvalue weighted by Gasteiger charge is 2.02. The largest absolute Gasteiger partial charge is 0.409 e.